The third kappa shape index (κ3) is 2.65. The second-order valence-corrected chi connectivity index (χ2v) is 8.01. The molecule has 1 N–H and O–H groups in total. The number of amides is 1. The summed E-state index contributed by atoms with van der Waals surface area (Å²) in [5, 5.41) is 9.41. The number of hydrogen-bond acceptors (Lipinski definition) is 4. The highest BCUT2D eigenvalue weighted by Gasteiger charge is 2.47. The van der Waals surface area contributed by atoms with Crippen molar-refractivity contribution in [2.24, 2.45) is 17.8 Å². The summed E-state index contributed by atoms with van der Waals surface area (Å²) < 4.78 is 6.14. The number of likely N-dealkylation sites (tertiary alicyclic amines) is 1. The second-order valence-electron chi connectivity index (χ2n) is 5.99. The number of rotatable bonds is 4. The molecule has 5 nitrogen and oxygen atoms in total. The zero-order chi connectivity index (χ0) is 16.0. The number of methoxy groups -OCH3 is 1. The first-order valence-electron chi connectivity index (χ1n) is 7.29. The predicted octanol–water partition coefficient (Wildman–Crippen LogP) is 3.01. The zero-order valence-electron chi connectivity index (χ0n) is 12.5. The quantitative estimate of drug-likeness (QED) is 0.861. The highest BCUT2D eigenvalue weighted by molar-refractivity contribution is 9.10. The molecule has 1 amide bonds. The monoisotopic (exact) mass is 387 g/mol. The van der Waals surface area contributed by atoms with E-state index in [1.54, 1.807) is 12.0 Å². The molecule has 0 radical (unpaired) electrons. The lowest BCUT2D eigenvalue weighted by atomic mass is 9.92. The van der Waals surface area contributed by atoms with Crippen molar-refractivity contribution >= 4 is 39.1 Å². The van der Waals surface area contributed by atoms with Crippen LogP contribution < -0.4 is 4.74 Å². The Kier molecular flexibility index (Phi) is 4.20. The molecule has 2 fully saturated rings. The molecule has 2 aliphatic rings. The van der Waals surface area contributed by atoms with E-state index in [1.807, 2.05) is 6.92 Å². The maximum atomic E-state index is 12.8. The summed E-state index contributed by atoms with van der Waals surface area (Å²) in [4.78, 5) is 27.5. The van der Waals surface area contributed by atoms with E-state index in [4.69, 9.17) is 4.74 Å². The number of aryl methyl sites for hydroxylation is 1. The molecule has 1 aliphatic heterocycles. The van der Waals surface area contributed by atoms with Crippen molar-refractivity contribution in [3.63, 3.8) is 0 Å². The van der Waals surface area contributed by atoms with Crippen molar-refractivity contribution in [3.8, 4) is 5.75 Å². The number of halogens is 1. The van der Waals surface area contributed by atoms with Gasteiger partial charge >= 0.3 is 5.97 Å². The summed E-state index contributed by atoms with van der Waals surface area (Å²) in [5.74, 6) is -0.233. The van der Waals surface area contributed by atoms with Gasteiger partial charge in [0, 0.05) is 18.0 Å². The topological polar surface area (TPSA) is 66.8 Å². The summed E-state index contributed by atoms with van der Waals surface area (Å²) in [5.41, 5.74) is 0. The van der Waals surface area contributed by atoms with Crippen LogP contribution in [0.1, 0.15) is 27.4 Å². The highest BCUT2D eigenvalue weighted by Crippen LogP contribution is 2.45. The fourth-order valence-electron chi connectivity index (χ4n) is 3.23. The van der Waals surface area contributed by atoms with Crippen LogP contribution in [-0.4, -0.2) is 42.1 Å². The van der Waals surface area contributed by atoms with Gasteiger partial charge < -0.3 is 14.7 Å². The molecule has 0 bridgehead atoms. The number of ether oxygens (including phenoxy) is 1. The number of carbonyl (C=O) groups excluding carboxylic acids is 1. The van der Waals surface area contributed by atoms with Gasteiger partial charge in [-0.05, 0) is 47.5 Å². The third-order valence-electron chi connectivity index (χ3n) is 4.57. The Hall–Kier alpha value is -1.08. The van der Waals surface area contributed by atoms with Gasteiger partial charge in [-0.1, -0.05) is 0 Å². The van der Waals surface area contributed by atoms with E-state index in [1.165, 1.54) is 11.3 Å². The molecule has 1 aromatic rings. The Labute approximate surface area is 141 Å². The normalized spacial score (nSPS) is 24.6. The smallest absolute Gasteiger partial charge is 0.308 e. The van der Waals surface area contributed by atoms with Crippen LogP contribution in [0.25, 0.3) is 0 Å². The molecule has 3 rings (SSSR count). The Morgan fingerprint density at radius 2 is 2.05 bits per heavy atom. The SMILES string of the molecule is COc1c(C(=O)N2C[C@H](C(=O)O)[C@@H](C3CC3)C2)sc(C)c1Br. The number of hydrogen-bond donors (Lipinski definition) is 1. The second kappa shape index (κ2) is 5.85. The Bertz CT molecular complexity index is 625. The lowest BCUT2D eigenvalue weighted by Gasteiger charge is -2.16. The Balaban J connectivity index is 1.84. The van der Waals surface area contributed by atoms with Gasteiger partial charge in [-0.25, -0.2) is 0 Å². The molecule has 1 saturated heterocycles. The molecule has 2 heterocycles. The van der Waals surface area contributed by atoms with Crippen molar-refractivity contribution < 1.29 is 19.4 Å². The standard InChI is InChI=1S/C15H18BrNO4S/c1-7-11(16)12(21-2)13(22-7)14(18)17-5-9(8-3-4-8)10(6-17)15(19)20/h8-10H,3-6H2,1-2H3,(H,19,20)/t9-,10+/m1/s1. The van der Waals surface area contributed by atoms with Crippen molar-refractivity contribution in [2.75, 3.05) is 20.2 Å². The van der Waals surface area contributed by atoms with Gasteiger partial charge in [0.2, 0.25) is 0 Å². The molecule has 7 heteroatoms. The van der Waals surface area contributed by atoms with Crippen molar-refractivity contribution in [1.29, 1.82) is 0 Å². The summed E-state index contributed by atoms with van der Waals surface area (Å²) in [6.07, 6.45) is 2.17. The van der Waals surface area contributed by atoms with Gasteiger partial charge in [0.25, 0.3) is 5.91 Å². The number of carboxylic acid groups (broad SMARTS) is 1. The van der Waals surface area contributed by atoms with Gasteiger partial charge in [0.15, 0.2) is 5.75 Å². The number of carbonyl (C=O) groups is 2. The molecule has 22 heavy (non-hydrogen) atoms. The van der Waals surface area contributed by atoms with Crippen LogP contribution in [0.3, 0.4) is 0 Å². The van der Waals surface area contributed by atoms with Crippen LogP contribution in [-0.2, 0) is 4.79 Å². The molecular weight excluding hydrogens is 370 g/mol. The van der Waals surface area contributed by atoms with E-state index in [9.17, 15) is 14.7 Å². The van der Waals surface area contributed by atoms with Gasteiger partial charge in [-0.2, -0.15) is 0 Å². The fourth-order valence-corrected chi connectivity index (χ4v) is 4.95. The number of aliphatic carboxylic acids is 1. The molecular formula is C15H18BrNO4S. The average Bonchev–Trinajstić information content (AvgIpc) is 3.16. The first kappa shape index (κ1) is 15.8. The Morgan fingerprint density at radius 1 is 1.36 bits per heavy atom. The maximum Gasteiger partial charge on any atom is 0.308 e. The minimum Gasteiger partial charge on any atom is -0.494 e. The average molecular weight is 388 g/mol. The summed E-state index contributed by atoms with van der Waals surface area (Å²) >= 11 is 4.82. The van der Waals surface area contributed by atoms with E-state index < -0.39 is 11.9 Å². The van der Waals surface area contributed by atoms with Crippen LogP contribution >= 0.6 is 27.3 Å². The molecule has 1 aromatic heterocycles. The van der Waals surface area contributed by atoms with E-state index in [2.05, 4.69) is 15.9 Å². The minimum atomic E-state index is -0.789. The van der Waals surface area contributed by atoms with Crippen LogP contribution in [0.2, 0.25) is 0 Å². The number of thiophene rings is 1. The molecule has 1 aliphatic carbocycles. The highest BCUT2D eigenvalue weighted by atomic mass is 79.9. The van der Waals surface area contributed by atoms with Crippen molar-refractivity contribution in [2.45, 2.75) is 19.8 Å². The van der Waals surface area contributed by atoms with Crippen LogP contribution in [0.15, 0.2) is 4.47 Å². The van der Waals surface area contributed by atoms with Gasteiger partial charge in [-0.15, -0.1) is 11.3 Å². The first-order valence-corrected chi connectivity index (χ1v) is 8.90. The van der Waals surface area contributed by atoms with E-state index in [0.717, 1.165) is 22.2 Å². The molecule has 2 atom stereocenters. The molecule has 0 aromatic carbocycles. The first-order chi connectivity index (χ1) is 10.4. The van der Waals surface area contributed by atoms with Crippen molar-refractivity contribution in [3.05, 3.63) is 14.2 Å². The zero-order valence-corrected chi connectivity index (χ0v) is 14.9. The largest absolute Gasteiger partial charge is 0.494 e. The van der Waals surface area contributed by atoms with Crippen LogP contribution in [0, 0.1) is 24.7 Å². The fraction of sp³-hybridized carbons (Fsp3) is 0.600. The van der Waals surface area contributed by atoms with E-state index in [0.29, 0.717) is 29.6 Å². The summed E-state index contributed by atoms with van der Waals surface area (Å²) in [6, 6.07) is 0. The lowest BCUT2D eigenvalue weighted by molar-refractivity contribution is -0.142. The minimum absolute atomic E-state index is 0.0944. The molecule has 1 saturated carbocycles. The molecule has 0 unspecified atom stereocenters. The van der Waals surface area contributed by atoms with E-state index in [-0.39, 0.29) is 11.8 Å². The lowest BCUT2D eigenvalue weighted by Crippen LogP contribution is -2.29. The summed E-state index contributed by atoms with van der Waals surface area (Å²) in [7, 11) is 1.54. The van der Waals surface area contributed by atoms with Gasteiger partial charge in [0.05, 0.1) is 17.5 Å². The van der Waals surface area contributed by atoms with Crippen LogP contribution in [0.4, 0.5) is 0 Å². The molecule has 120 valence electrons. The Morgan fingerprint density at radius 3 is 2.59 bits per heavy atom. The molecule has 0 spiro atoms. The van der Waals surface area contributed by atoms with E-state index >= 15 is 0 Å². The van der Waals surface area contributed by atoms with Crippen LogP contribution in [0.5, 0.6) is 5.75 Å². The third-order valence-corrected chi connectivity index (χ3v) is 6.86. The van der Waals surface area contributed by atoms with Gasteiger partial charge in [0.1, 0.15) is 4.88 Å². The van der Waals surface area contributed by atoms with Gasteiger partial charge in [-0.3, -0.25) is 9.59 Å². The number of carboxylic acids is 1. The van der Waals surface area contributed by atoms with Crippen molar-refractivity contribution in [1.82, 2.24) is 4.90 Å². The predicted molar refractivity (Wildman–Crippen MR) is 86.6 cm³/mol. The number of nitrogens with zero attached hydrogens (tertiary/aromatic N) is 1. The maximum absolute atomic E-state index is 12.8. The summed E-state index contributed by atoms with van der Waals surface area (Å²) in [6.45, 7) is 2.76.